The Hall–Kier alpha value is -0.900. The number of hydrogen-bond acceptors (Lipinski definition) is 3. The first kappa shape index (κ1) is 14.2. The summed E-state index contributed by atoms with van der Waals surface area (Å²) in [6.45, 7) is 7.18. The zero-order valence-corrected chi connectivity index (χ0v) is 11.4. The fourth-order valence-corrected chi connectivity index (χ4v) is 1.88. The molecular weight excluding hydrogens is 214 g/mol. The van der Waals surface area contributed by atoms with Gasteiger partial charge in [-0.2, -0.15) is 0 Å². The van der Waals surface area contributed by atoms with Crippen molar-refractivity contribution >= 4 is 0 Å². The molecule has 1 aromatic carbocycles. The molecule has 1 unspecified atom stereocenters. The summed E-state index contributed by atoms with van der Waals surface area (Å²) in [5, 5.41) is 3.42. The van der Waals surface area contributed by atoms with Gasteiger partial charge in [-0.15, -0.1) is 0 Å². The van der Waals surface area contributed by atoms with E-state index in [2.05, 4.69) is 44.3 Å². The molecule has 96 valence electrons. The van der Waals surface area contributed by atoms with E-state index in [1.807, 2.05) is 0 Å². The molecule has 0 bridgehead atoms. The number of methoxy groups -OCH3 is 2. The average molecular weight is 237 g/mol. The average Bonchev–Trinajstić information content (AvgIpc) is 2.32. The number of rotatable bonds is 6. The van der Waals surface area contributed by atoms with Gasteiger partial charge in [0.15, 0.2) is 6.29 Å². The molecule has 0 amide bonds. The summed E-state index contributed by atoms with van der Waals surface area (Å²) in [5.74, 6) is 0. The predicted molar refractivity (Wildman–Crippen MR) is 70.0 cm³/mol. The minimum absolute atomic E-state index is 0.157. The Morgan fingerprint density at radius 1 is 1.18 bits per heavy atom. The van der Waals surface area contributed by atoms with Gasteiger partial charge in [-0.1, -0.05) is 18.2 Å². The Bertz CT molecular complexity index is 348. The molecule has 0 aliphatic heterocycles. The normalized spacial score (nSPS) is 13.1. The molecule has 3 nitrogen and oxygen atoms in total. The van der Waals surface area contributed by atoms with E-state index in [1.54, 1.807) is 14.2 Å². The molecule has 3 heteroatoms. The molecule has 1 atom stereocenters. The van der Waals surface area contributed by atoms with Crippen LogP contribution in [0.2, 0.25) is 0 Å². The van der Waals surface area contributed by atoms with Crippen molar-refractivity contribution in [2.24, 2.45) is 0 Å². The third-order valence-electron chi connectivity index (χ3n) is 3.20. The SMILES string of the molecule is COC(OC)C(C)NCc1cccc(C)c1C. The van der Waals surface area contributed by atoms with Gasteiger partial charge in [0, 0.05) is 20.8 Å². The van der Waals surface area contributed by atoms with E-state index >= 15 is 0 Å². The van der Waals surface area contributed by atoms with Gasteiger partial charge in [-0.05, 0) is 37.5 Å². The summed E-state index contributed by atoms with van der Waals surface area (Å²) >= 11 is 0. The van der Waals surface area contributed by atoms with Crippen LogP contribution in [0.25, 0.3) is 0 Å². The van der Waals surface area contributed by atoms with Gasteiger partial charge in [-0.25, -0.2) is 0 Å². The third-order valence-corrected chi connectivity index (χ3v) is 3.20. The minimum Gasteiger partial charge on any atom is -0.354 e. The maximum absolute atomic E-state index is 5.22. The molecule has 0 heterocycles. The lowest BCUT2D eigenvalue weighted by atomic mass is 10.0. The minimum atomic E-state index is -0.208. The lowest BCUT2D eigenvalue weighted by molar-refractivity contribution is -0.119. The second kappa shape index (κ2) is 6.74. The first-order chi connectivity index (χ1) is 8.10. The highest BCUT2D eigenvalue weighted by Gasteiger charge is 2.15. The van der Waals surface area contributed by atoms with Crippen molar-refractivity contribution in [3.63, 3.8) is 0 Å². The highest BCUT2D eigenvalue weighted by Crippen LogP contribution is 2.12. The Labute approximate surface area is 104 Å². The van der Waals surface area contributed by atoms with Crippen LogP contribution in [0.3, 0.4) is 0 Å². The Balaban J connectivity index is 2.58. The van der Waals surface area contributed by atoms with Crippen molar-refractivity contribution in [1.82, 2.24) is 5.32 Å². The first-order valence-electron chi connectivity index (χ1n) is 5.94. The molecule has 0 fully saturated rings. The van der Waals surface area contributed by atoms with Gasteiger partial charge in [0.25, 0.3) is 0 Å². The Kier molecular flexibility index (Phi) is 5.62. The van der Waals surface area contributed by atoms with Crippen molar-refractivity contribution in [3.05, 3.63) is 34.9 Å². The van der Waals surface area contributed by atoms with Crippen LogP contribution in [0.15, 0.2) is 18.2 Å². The maximum Gasteiger partial charge on any atom is 0.171 e. The fourth-order valence-electron chi connectivity index (χ4n) is 1.88. The fraction of sp³-hybridized carbons (Fsp3) is 0.571. The van der Waals surface area contributed by atoms with Crippen LogP contribution in [-0.2, 0) is 16.0 Å². The quantitative estimate of drug-likeness (QED) is 0.771. The molecule has 0 radical (unpaired) electrons. The highest BCUT2D eigenvalue weighted by atomic mass is 16.7. The van der Waals surface area contributed by atoms with Crippen LogP contribution >= 0.6 is 0 Å². The summed E-state index contributed by atoms with van der Waals surface area (Å²) in [7, 11) is 3.31. The van der Waals surface area contributed by atoms with Crippen LogP contribution in [0.1, 0.15) is 23.6 Å². The summed E-state index contributed by atoms with van der Waals surface area (Å²) in [6, 6.07) is 6.53. The van der Waals surface area contributed by atoms with E-state index in [-0.39, 0.29) is 12.3 Å². The zero-order valence-electron chi connectivity index (χ0n) is 11.4. The molecule has 1 rings (SSSR count). The van der Waals surface area contributed by atoms with E-state index in [1.165, 1.54) is 16.7 Å². The standard InChI is InChI=1S/C14H23NO2/c1-10-7-6-8-13(11(10)2)9-15-12(3)14(16-4)17-5/h6-8,12,14-15H,9H2,1-5H3. The molecule has 1 N–H and O–H groups in total. The first-order valence-corrected chi connectivity index (χ1v) is 5.94. The second-order valence-electron chi connectivity index (χ2n) is 4.37. The lowest BCUT2D eigenvalue weighted by Gasteiger charge is -2.22. The topological polar surface area (TPSA) is 30.5 Å². The molecule has 0 spiro atoms. The summed E-state index contributed by atoms with van der Waals surface area (Å²) in [4.78, 5) is 0. The van der Waals surface area contributed by atoms with Gasteiger partial charge in [0.1, 0.15) is 0 Å². The summed E-state index contributed by atoms with van der Waals surface area (Å²) in [5.41, 5.74) is 3.99. The molecular formula is C14H23NO2. The van der Waals surface area contributed by atoms with Gasteiger partial charge < -0.3 is 14.8 Å². The molecule has 0 saturated heterocycles. The van der Waals surface area contributed by atoms with E-state index in [4.69, 9.17) is 9.47 Å². The second-order valence-corrected chi connectivity index (χ2v) is 4.37. The van der Waals surface area contributed by atoms with Gasteiger partial charge in [0.2, 0.25) is 0 Å². The highest BCUT2D eigenvalue weighted by molar-refractivity contribution is 5.32. The lowest BCUT2D eigenvalue weighted by Crippen LogP contribution is -2.39. The van der Waals surface area contributed by atoms with E-state index < -0.39 is 0 Å². The van der Waals surface area contributed by atoms with Crippen LogP contribution in [0.4, 0.5) is 0 Å². The summed E-state index contributed by atoms with van der Waals surface area (Å²) in [6.07, 6.45) is -0.208. The number of benzene rings is 1. The van der Waals surface area contributed by atoms with Crippen molar-refractivity contribution in [2.45, 2.75) is 39.6 Å². The number of ether oxygens (including phenoxy) is 2. The van der Waals surface area contributed by atoms with Crippen molar-refractivity contribution in [1.29, 1.82) is 0 Å². The summed E-state index contributed by atoms with van der Waals surface area (Å²) < 4.78 is 10.4. The molecule has 1 aromatic rings. The number of nitrogens with one attached hydrogen (secondary N) is 1. The maximum atomic E-state index is 5.22. The molecule has 0 saturated carbocycles. The predicted octanol–water partition coefficient (Wildman–Crippen LogP) is 2.40. The van der Waals surface area contributed by atoms with Gasteiger partial charge in [-0.3, -0.25) is 0 Å². The van der Waals surface area contributed by atoms with Crippen molar-refractivity contribution < 1.29 is 9.47 Å². The monoisotopic (exact) mass is 237 g/mol. The van der Waals surface area contributed by atoms with Crippen LogP contribution in [0, 0.1) is 13.8 Å². The van der Waals surface area contributed by atoms with E-state index in [0.717, 1.165) is 6.54 Å². The van der Waals surface area contributed by atoms with Gasteiger partial charge in [0.05, 0.1) is 6.04 Å². The number of aryl methyl sites for hydroxylation is 1. The third kappa shape index (κ3) is 3.80. The molecule has 0 aliphatic carbocycles. The Morgan fingerprint density at radius 2 is 1.82 bits per heavy atom. The molecule has 0 aromatic heterocycles. The van der Waals surface area contributed by atoms with Crippen molar-refractivity contribution in [2.75, 3.05) is 14.2 Å². The molecule has 17 heavy (non-hydrogen) atoms. The van der Waals surface area contributed by atoms with E-state index in [9.17, 15) is 0 Å². The van der Waals surface area contributed by atoms with Crippen LogP contribution in [-0.4, -0.2) is 26.6 Å². The number of hydrogen-bond donors (Lipinski definition) is 1. The largest absolute Gasteiger partial charge is 0.354 e. The smallest absolute Gasteiger partial charge is 0.171 e. The van der Waals surface area contributed by atoms with Crippen LogP contribution < -0.4 is 5.32 Å². The van der Waals surface area contributed by atoms with E-state index in [0.29, 0.717) is 0 Å². The Morgan fingerprint density at radius 3 is 2.41 bits per heavy atom. The molecule has 0 aliphatic rings. The van der Waals surface area contributed by atoms with Crippen molar-refractivity contribution in [3.8, 4) is 0 Å². The van der Waals surface area contributed by atoms with Crippen LogP contribution in [0.5, 0.6) is 0 Å². The zero-order chi connectivity index (χ0) is 12.8. The van der Waals surface area contributed by atoms with Gasteiger partial charge >= 0.3 is 0 Å².